The minimum absolute atomic E-state index is 0.181. The molecule has 0 fully saturated rings. The summed E-state index contributed by atoms with van der Waals surface area (Å²) in [5.74, 6) is 0.363. The van der Waals surface area contributed by atoms with Crippen LogP contribution in [0.2, 0.25) is 0 Å². The number of nitrogens with zero attached hydrogens (tertiary/aromatic N) is 2. The lowest BCUT2D eigenvalue weighted by atomic mass is 9.79. The van der Waals surface area contributed by atoms with Crippen LogP contribution in [0.1, 0.15) is 23.0 Å². The fourth-order valence-electron chi connectivity index (χ4n) is 9.46. The van der Waals surface area contributed by atoms with Crippen molar-refractivity contribution in [3.8, 4) is 22.3 Å². The van der Waals surface area contributed by atoms with E-state index >= 15 is 0 Å². The van der Waals surface area contributed by atoms with Gasteiger partial charge in [0.25, 0.3) is 0 Å². The third-order valence-corrected chi connectivity index (χ3v) is 12.7. The summed E-state index contributed by atoms with van der Waals surface area (Å²) < 4.78 is 0. The lowest BCUT2D eigenvalue weighted by Gasteiger charge is -2.29. The molecular formula is C62H46N2. The van der Waals surface area contributed by atoms with Crippen LogP contribution in [0.15, 0.2) is 267 Å². The molecule has 1 aliphatic rings. The van der Waals surface area contributed by atoms with Crippen LogP contribution in [-0.4, -0.2) is 0 Å². The zero-order chi connectivity index (χ0) is 42.7. The lowest BCUT2D eigenvalue weighted by molar-refractivity contribution is 0.730. The van der Waals surface area contributed by atoms with E-state index in [4.69, 9.17) is 0 Å². The summed E-state index contributed by atoms with van der Waals surface area (Å²) in [5.41, 5.74) is 14.2. The van der Waals surface area contributed by atoms with Crippen molar-refractivity contribution in [2.24, 2.45) is 0 Å². The van der Waals surface area contributed by atoms with Gasteiger partial charge in [-0.2, -0.15) is 0 Å². The largest absolute Gasteiger partial charge is 0.310 e. The van der Waals surface area contributed by atoms with Gasteiger partial charge in [0.15, 0.2) is 0 Å². The third-order valence-electron chi connectivity index (χ3n) is 12.7. The maximum absolute atomic E-state index is 2.39. The molecule has 2 heteroatoms. The molecule has 2 nitrogen and oxygen atoms in total. The molecule has 1 aliphatic carbocycles. The fourth-order valence-corrected chi connectivity index (χ4v) is 9.46. The molecule has 0 saturated heterocycles. The highest BCUT2D eigenvalue weighted by atomic mass is 15.1. The van der Waals surface area contributed by atoms with E-state index < -0.39 is 0 Å². The molecule has 0 heterocycles. The Morgan fingerprint density at radius 3 is 0.953 bits per heavy atom. The molecule has 10 aromatic rings. The topological polar surface area (TPSA) is 6.48 Å². The van der Waals surface area contributed by atoms with Gasteiger partial charge < -0.3 is 9.80 Å². The van der Waals surface area contributed by atoms with Gasteiger partial charge in [0.2, 0.25) is 0 Å². The second kappa shape index (κ2) is 17.3. The number of rotatable bonds is 10. The maximum atomic E-state index is 2.39. The second-order valence-corrected chi connectivity index (χ2v) is 16.5. The van der Waals surface area contributed by atoms with Crippen LogP contribution in [0.4, 0.5) is 34.1 Å². The second-order valence-electron chi connectivity index (χ2n) is 16.5. The van der Waals surface area contributed by atoms with Gasteiger partial charge in [-0.1, -0.05) is 206 Å². The van der Waals surface area contributed by atoms with Gasteiger partial charge in [-0.05, 0) is 105 Å². The summed E-state index contributed by atoms with van der Waals surface area (Å²) in [5, 5.41) is 4.87. The summed E-state index contributed by atoms with van der Waals surface area (Å²) in [4.78, 5) is 4.79. The molecule has 0 aromatic heterocycles. The van der Waals surface area contributed by atoms with Crippen molar-refractivity contribution in [3.05, 3.63) is 278 Å². The fraction of sp³-hybridized carbons (Fsp3) is 0.0323. The molecule has 0 amide bonds. The molecule has 304 valence electrons. The molecule has 0 radical (unpaired) electrons. The number of anilines is 6. The number of allylic oxidation sites excluding steroid dienone is 4. The minimum Gasteiger partial charge on any atom is -0.310 e. The summed E-state index contributed by atoms with van der Waals surface area (Å²) >= 11 is 0. The third kappa shape index (κ3) is 7.57. The minimum atomic E-state index is 0.181. The molecular weight excluding hydrogens is 773 g/mol. The first-order valence-electron chi connectivity index (χ1n) is 22.2. The normalized spacial score (nSPS) is 14.4. The Kier molecular flexibility index (Phi) is 10.5. The van der Waals surface area contributed by atoms with E-state index in [0.717, 1.165) is 34.1 Å². The van der Waals surface area contributed by atoms with Gasteiger partial charge in [-0.3, -0.25) is 0 Å². The highest BCUT2D eigenvalue weighted by molar-refractivity contribution is 6.00. The van der Waals surface area contributed by atoms with E-state index in [1.807, 2.05) is 0 Å². The highest BCUT2D eigenvalue weighted by Crippen LogP contribution is 2.44. The van der Waals surface area contributed by atoms with E-state index in [-0.39, 0.29) is 11.8 Å². The van der Waals surface area contributed by atoms with E-state index in [9.17, 15) is 0 Å². The van der Waals surface area contributed by atoms with Crippen LogP contribution in [0.25, 0.3) is 43.8 Å². The monoisotopic (exact) mass is 818 g/mol. The Hall–Kier alpha value is -8.20. The molecule has 2 atom stereocenters. The van der Waals surface area contributed by atoms with Gasteiger partial charge >= 0.3 is 0 Å². The van der Waals surface area contributed by atoms with Crippen molar-refractivity contribution in [3.63, 3.8) is 0 Å². The molecule has 0 bridgehead atoms. The molecule has 0 aliphatic heterocycles. The van der Waals surface area contributed by atoms with Crippen molar-refractivity contribution in [1.82, 2.24) is 0 Å². The summed E-state index contributed by atoms with van der Waals surface area (Å²) in [6.07, 6.45) is 9.10. The van der Waals surface area contributed by atoms with Crippen LogP contribution < -0.4 is 9.80 Å². The van der Waals surface area contributed by atoms with Crippen molar-refractivity contribution >= 4 is 55.7 Å². The van der Waals surface area contributed by atoms with Crippen molar-refractivity contribution in [2.75, 3.05) is 9.80 Å². The molecule has 0 N–H and O–H groups in total. The van der Waals surface area contributed by atoms with E-state index in [2.05, 4.69) is 277 Å². The van der Waals surface area contributed by atoms with E-state index in [1.165, 1.54) is 54.9 Å². The Bertz CT molecular complexity index is 3010. The zero-order valence-corrected chi connectivity index (χ0v) is 35.5. The molecule has 64 heavy (non-hydrogen) atoms. The predicted molar refractivity (Wildman–Crippen MR) is 272 cm³/mol. The molecule has 10 aromatic carbocycles. The van der Waals surface area contributed by atoms with E-state index in [0.29, 0.717) is 0 Å². The van der Waals surface area contributed by atoms with Gasteiger partial charge in [-0.25, -0.2) is 0 Å². The smallest absolute Gasteiger partial charge is 0.0540 e. The first-order chi connectivity index (χ1) is 31.7. The summed E-state index contributed by atoms with van der Waals surface area (Å²) in [7, 11) is 0. The molecule has 2 unspecified atom stereocenters. The Morgan fingerprint density at radius 1 is 0.250 bits per heavy atom. The SMILES string of the molecule is C1=CC(c2ccc(N(c3ccc(-c4ccccc4)cc3)c3cccc4ccccc34)cc2)C(c2ccc(N(c3ccc(-c4ccccc4)cc3)c3cccc4ccccc34)cc2)C=C1. The lowest BCUT2D eigenvalue weighted by Crippen LogP contribution is -2.13. The van der Waals surface area contributed by atoms with Crippen LogP contribution in [0.5, 0.6) is 0 Å². The van der Waals surface area contributed by atoms with Crippen molar-refractivity contribution < 1.29 is 0 Å². The average Bonchev–Trinajstić information content (AvgIpc) is 3.38. The Morgan fingerprint density at radius 2 is 0.562 bits per heavy atom. The molecule has 0 spiro atoms. The number of hydrogen-bond acceptors (Lipinski definition) is 2. The van der Waals surface area contributed by atoms with Crippen LogP contribution in [0, 0.1) is 0 Å². The number of benzene rings is 10. The molecule has 11 rings (SSSR count). The summed E-state index contributed by atoms with van der Waals surface area (Å²) in [6, 6.07) is 88.0. The van der Waals surface area contributed by atoms with Gasteiger partial charge in [-0.15, -0.1) is 0 Å². The maximum Gasteiger partial charge on any atom is 0.0540 e. The molecule has 0 saturated carbocycles. The standard InChI is InChI=1S/C62H46N2/c1-3-15-45(16-4-1)47-29-37-53(38-30-47)63(61-27-13-21-49-19-7-9-25-59(49)61)55-41-33-51(34-42-55)57-23-11-12-24-58(57)52-35-43-56(44-36-52)64(62-28-14-22-50-20-8-10-26-60(50)62)54-39-31-48(32-40-54)46-17-5-2-6-18-46/h1-44,57-58H. The summed E-state index contributed by atoms with van der Waals surface area (Å²) in [6.45, 7) is 0. The first-order valence-corrected chi connectivity index (χ1v) is 22.2. The Balaban J connectivity index is 0.921. The quantitative estimate of drug-likeness (QED) is 0.136. The number of fused-ring (bicyclic) bond motifs is 2. The zero-order valence-electron chi connectivity index (χ0n) is 35.5. The first kappa shape index (κ1) is 38.7. The van der Waals surface area contributed by atoms with Gasteiger partial charge in [0, 0.05) is 45.4 Å². The van der Waals surface area contributed by atoms with Gasteiger partial charge in [0.05, 0.1) is 11.4 Å². The van der Waals surface area contributed by atoms with E-state index in [1.54, 1.807) is 0 Å². The highest BCUT2D eigenvalue weighted by Gasteiger charge is 2.24. The average molecular weight is 819 g/mol. The van der Waals surface area contributed by atoms with Crippen molar-refractivity contribution in [2.45, 2.75) is 11.8 Å². The van der Waals surface area contributed by atoms with Crippen LogP contribution >= 0.6 is 0 Å². The Labute approximate surface area is 376 Å². The van der Waals surface area contributed by atoms with Crippen LogP contribution in [-0.2, 0) is 0 Å². The number of hydrogen-bond donors (Lipinski definition) is 0. The predicted octanol–water partition coefficient (Wildman–Crippen LogP) is 17.3. The van der Waals surface area contributed by atoms with Gasteiger partial charge in [0.1, 0.15) is 0 Å². The van der Waals surface area contributed by atoms with Crippen LogP contribution in [0.3, 0.4) is 0 Å². The van der Waals surface area contributed by atoms with Crippen molar-refractivity contribution in [1.29, 1.82) is 0 Å².